The van der Waals surface area contributed by atoms with E-state index in [-0.39, 0.29) is 99.3 Å². The maximum absolute atomic E-state index is 12.2. The Morgan fingerprint density at radius 2 is 1.34 bits per heavy atom. The van der Waals surface area contributed by atoms with Crippen LogP contribution in [0.15, 0.2) is 69.7 Å². The average molecular weight is 838 g/mol. The number of hydrogen-bond donors (Lipinski definition) is 2. The standard InChI is InChI=1S/C20H10Br4O10S2.2Na/c21-16-14(15(20(27)28)17(22)19(24)18(16)23)13(7-1-3-9(25)11(5-7)35(29,30)31)8-2-4-10(26)12(6-8)36(32,33)34;;/h1-6,25H,(H,27,28)(H,29,30,31)(H,32,33,34);;/q;2*+1/p-2/b13-8+;;. The van der Waals surface area contributed by atoms with Crippen LogP contribution in [0.5, 0.6) is 5.75 Å². The van der Waals surface area contributed by atoms with Crippen molar-refractivity contribution >= 4 is 101 Å². The third kappa shape index (κ3) is 7.40. The van der Waals surface area contributed by atoms with Gasteiger partial charge < -0.3 is 15.0 Å². The van der Waals surface area contributed by atoms with Crippen LogP contribution < -0.4 is 69.3 Å². The molecule has 0 bridgehead atoms. The van der Waals surface area contributed by atoms with Crippen LogP contribution in [0.2, 0.25) is 0 Å². The monoisotopic (exact) mass is 834 g/mol. The van der Waals surface area contributed by atoms with Crippen LogP contribution in [0, 0.1) is 0 Å². The largest absolute Gasteiger partial charge is 1.00 e. The van der Waals surface area contributed by atoms with E-state index in [0.717, 1.165) is 36.4 Å². The molecule has 18 heteroatoms. The Bertz CT molecular complexity index is 1680. The molecule has 0 amide bonds. The summed E-state index contributed by atoms with van der Waals surface area (Å²) < 4.78 is 66.7. The minimum atomic E-state index is -5.03. The van der Waals surface area contributed by atoms with Gasteiger partial charge in [-0.05, 0) is 98.6 Å². The molecule has 3 rings (SSSR count). The van der Waals surface area contributed by atoms with Crippen molar-refractivity contribution in [2.75, 3.05) is 0 Å². The summed E-state index contributed by atoms with van der Waals surface area (Å²) in [5.41, 5.74) is -1.24. The number of aromatic carboxylic acids is 1. The van der Waals surface area contributed by atoms with Crippen molar-refractivity contribution in [3.05, 3.63) is 81.5 Å². The molecule has 1 aliphatic rings. The predicted molar refractivity (Wildman–Crippen MR) is 137 cm³/mol. The topological polar surface area (TPSA) is 189 Å². The van der Waals surface area contributed by atoms with E-state index in [2.05, 4.69) is 63.7 Å². The van der Waals surface area contributed by atoms with E-state index >= 15 is 0 Å². The molecule has 38 heavy (non-hydrogen) atoms. The second kappa shape index (κ2) is 13.5. The summed E-state index contributed by atoms with van der Waals surface area (Å²) >= 11 is 12.9. The van der Waals surface area contributed by atoms with E-state index in [1.165, 1.54) is 0 Å². The minimum absolute atomic E-state index is 0. The van der Waals surface area contributed by atoms with Gasteiger partial charge in [0.05, 0.1) is 10.9 Å². The van der Waals surface area contributed by atoms with Crippen LogP contribution in [0.4, 0.5) is 0 Å². The second-order valence-corrected chi connectivity index (χ2v) is 12.9. The maximum atomic E-state index is 12.2. The van der Waals surface area contributed by atoms with Crippen molar-refractivity contribution in [2.24, 2.45) is 0 Å². The Morgan fingerprint density at radius 1 is 0.816 bits per heavy atom. The molecule has 0 aliphatic heterocycles. The van der Waals surface area contributed by atoms with E-state index < -0.39 is 53.1 Å². The molecular formula is C20H8Br4Na2O10S2. The van der Waals surface area contributed by atoms with Gasteiger partial charge in [-0.25, -0.2) is 0 Å². The first-order chi connectivity index (χ1) is 16.5. The van der Waals surface area contributed by atoms with Gasteiger partial charge in [0.25, 0.3) is 20.2 Å². The number of carbonyl (C=O) groups is 2. The molecular weight excluding hydrogens is 830 g/mol. The van der Waals surface area contributed by atoms with Gasteiger partial charge in [0.15, 0.2) is 5.78 Å². The molecule has 0 unspecified atom stereocenters. The van der Waals surface area contributed by atoms with Crippen LogP contribution in [0.25, 0.3) is 5.57 Å². The van der Waals surface area contributed by atoms with Gasteiger partial charge in [-0.15, -0.1) is 0 Å². The Balaban J connectivity index is 0.00000361. The first kappa shape index (κ1) is 36.4. The molecule has 0 saturated carbocycles. The molecule has 2 aromatic rings. The molecule has 190 valence electrons. The quantitative estimate of drug-likeness (QED) is 0.137. The van der Waals surface area contributed by atoms with Gasteiger partial charge in [0.2, 0.25) is 0 Å². The molecule has 0 spiro atoms. The van der Waals surface area contributed by atoms with E-state index in [4.69, 9.17) is 0 Å². The zero-order chi connectivity index (χ0) is 27.3. The third-order valence-corrected chi connectivity index (χ3v) is 11.3. The van der Waals surface area contributed by atoms with Gasteiger partial charge in [0, 0.05) is 29.0 Å². The maximum Gasteiger partial charge on any atom is 1.00 e. The molecule has 0 radical (unpaired) electrons. The number of benzene rings is 2. The number of hydrogen-bond acceptors (Lipinski definition) is 8. The Labute approximate surface area is 294 Å². The molecule has 1 aliphatic carbocycles. The summed E-state index contributed by atoms with van der Waals surface area (Å²) in [7, 11) is -10.1. The molecule has 2 N–H and O–H groups in total. The zero-order valence-corrected chi connectivity index (χ0v) is 30.9. The van der Waals surface area contributed by atoms with E-state index in [0.29, 0.717) is 0 Å². The first-order valence-electron chi connectivity index (χ1n) is 8.99. The fourth-order valence-electron chi connectivity index (χ4n) is 3.24. The van der Waals surface area contributed by atoms with Crippen molar-refractivity contribution in [2.45, 2.75) is 4.90 Å². The smallest absolute Gasteiger partial charge is 0.872 e. The number of carbonyl (C=O) groups excluding carboxylic acids is 2. The van der Waals surface area contributed by atoms with Crippen molar-refractivity contribution in [3.8, 4) is 5.75 Å². The van der Waals surface area contributed by atoms with E-state index in [1.54, 1.807) is 0 Å². The fraction of sp³-hybridized carbons (Fsp3) is 0. The SMILES string of the molecule is O=C1C=C/C(=C(/c2ccc([O-])c(S(=O)(=O)O)c2)c2c(Br)c(Br)c(Br)c(Br)c2C(=O)[O-])C=C1S(=O)(=O)O.[Na+].[Na+]. The van der Waals surface area contributed by atoms with Crippen LogP contribution in [-0.2, 0) is 25.0 Å². The predicted octanol–water partition coefficient (Wildman–Crippen LogP) is -2.86. The molecule has 0 atom stereocenters. The number of carboxylic acid groups (broad SMARTS) is 1. The number of ketones is 1. The van der Waals surface area contributed by atoms with Crippen molar-refractivity contribution < 1.29 is 105 Å². The van der Waals surface area contributed by atoms with Gasteiger partial charge in [0.1, 0.15) is 4.91 Å². The van der Waals surface area contributed by atoms with Gasteiger partial charge in [-0.2, -0.15) is 16.8 Å². The zero-order valence-electron chi connectivity index (χ0n) is 19.0. The van der Waals surface area contributed by atoms with Gasteiger partial charge >= 0.3 is 59.1 Å². The Hall–Kier alpha value is 0.340. The van der Waals surface area contributed by atoms with Crippen LogP contribution in [-0.4, -0.2) is 37.7 Å². The van der Waals surface area contributed by atoms with Crippen molar-refractivity contribution in [1.29, 1.82) is 0 Å². The number of carboxylic acids is 1. The van der Waals surface area contributed by atoms with Crippen LogP contribution in [0.1, 0.15) is 21.5 Å². The number of allylic oxidation sites excluding steroid dienone is 5. The van der Waals surface area contributed by atoms with E-state index in [1.807, 2.05) is 0 Å². The third-order valence-electron chi connectivity index (χ3n) is 4.74. The second-order valence-electron chi connectivity index (χ2n) is 6.94. The van der Waals surface area contributed by atoms with Gasteiger partial charge in [-0.1, -0.05) is 24.0 Å². The summed E-state index contributed by atoms with van der Waals surface area (Å²) in [6.45, 7) is 0. The van der Waals surface area contributed by atoms with Gasteiger partial charge in [-0.3, -0.25) is 13.9 Å². The summed E-state index contributed by atoms with van der Waals surface area (Å²) in [5, 5.41) is 24.3. The summed E-state index contributed by atoms with van der Waals surface area (Å²) in [5.74, 6) is -3.87. The van der Waals surface area contributed by atoms with Crippen LogP contribution >= 0.6 is 63.7 Å². The number of halogens is 4. The Morgan fingerprint density at radius 3 is 1.82 bits per heavy atom. The summed E-state index contributed by atoms with van der Waals surface area (Å²) in [4.78, 5) is 22.2. The molecule has 0 saturated heterocycles. The van der Waals surface area contributed by atoms with Crippen molar-refractivity contribution in [1.82, 2.24) is 0 Å². The number of rotatable bonds is 5. The normalized spacial score (nSPS) is 14.8. The molecule has 2 aromatic carbocycles. The van der Waals surface area contributed by atoms with Crippen LogP contribution in [0.3, 0.4) is 0 Å². The minimum Gasteiger partial charge on any atom is -0.872 e. The van der Waals surface area contributed by atoms with Crippen molar-refractivity contribution in [3.63, 3.8) is 0 Å². The molecule has 0 aromatic heterocycles. The van der Waals surface area contributed by atoms with E-state index in [9.17, 15) is 45.7 Å². The summed E-state index contributed by atoms with van der Waals surface area (Å²) in [6.07, 6.45) is 2.64. The average Bonchev–Trinajstić information content (AvgIpc) is 2.76. The molecule has 0 heterocycles. The Kier molecular flexibility index (Phi) is 13.0. The first-order valence-corrected chi connectivity index (χ1v) is 15.0. The molecule has 0 fully saturated rings. The fourth-order valence-corrected chi connectivity index (χ4v) is 6.92. The molecule has 10 nitrogen and oxygen atoms in total. The summed E-state index contributed by atoms with van der Waals surface area (Å²) in [6, 6.07) is 2.64.